The molecule has 4 N–H and O–H groups in total. The quantitative estimate of drug-likeness (QED) is 0.505. The van der Waals surface area contributed by atoms with Gasteiger partial charge in [-0.1, -0.05) is 43.0 Å². The zero-order valence-electron chi connectivity index (χ0n) is 21.3. The molecule has 1 spiro atoms. The fourth-order valence-corrected chi connectivity index (χ4v) is 5.69. The van der Waals surface area contributed by atoms with E-state index in [0.717, 1.165) is 49.4 Å². The molecule has 2 amide bonds. The molecule has 8 heteroatoms. The van der Waals surface area contributed by atoms with Gasteiger partial charge in [0.25, 0.3) is 5.91 Å². The molecule has 0 bridgehead atoms. The molecule has 0 saturated carbocycles. The van der Waals surface area contributed by atoms with Gasteiger partial charge in [0.1, 0.15) is 11.5 Å². The Morgan fingerprint density at radius 1 is 1.22 bits per heavy atom. The van der Waals surface area contributed by atoms with Crippen LogP contribution in [0.2, 0.25) is 0 Å². The van der Waals surface area contributed by atoms with Crippen LogP contribution in [0.25, 0.3) is 0 Å². The molecule has 1 unspecified atom stereocenters. The van der Waals surface area contributed by atoms with Crippen molar-refractivity contribution < 1.29 is 9.59 Å². The highest BCUT2D eigenvalue weighted by atomic mass is 16.2. The number of pyridine rings is 1. The number of rotatable bonds is 7. The zero-order chi connectivity index (χ0) is 26.0. The van der Waals surface area contributed by atoms with Crippen molar-refractivity contribution in [2.45, 2.75) is 19.8 Å². The van der Waals surface area contributed by atoms with Crippen LogP contribution < -0.4 is 21.3 Å². The predicted octanol–water partition coefficient (Wildman–Crippen LogP) is 2.07. The minimum absolute atomic E-state index is 0.113. The summed E-state index contributed by atoms with van der Waals surface area (Å²) in [7, 11) is 0. The third-order valence-corrected chi connectivity index (χ3v) is 7.73. The smallest absolute Gasteiger partial charge is 0.269 e. The maximum atomic E-state index is 12.9. The zero-order valence-corrected chi connectivity index (χ0v) is 21.3. The molecule has 0 radical (unpaired) electrons. The molecule has 1 saturated heterocycles. The largest absolute Gasteiger partial charge is 0.385 e. The van der Waals surface area contributed by atoms with E-state index in [1.807, 2.05) is 12.1 Å². The van der Waals surface area contributed by atoms with Crippen LogP contribution in [-0.4, -0.2) is 61.0 Å². The first kappa shape index (κ1) is 24.8. The molecule has 1 atom stereocenters. The number of nitrogens with zero attached hydrogens (tertiary/aromatic N) is 3. The van der Waals surface area contributed by atoms with E-state index >= 15 is 0 Å². The van der Waals surface area contributed by atoms with Crippen LogP contribution in [0.1, 0.15) is 27.2 Å². The molecule has 3 aliphatic rings. The summed E-state index contributed by atoms with van der Waals surface area (Å²) in [6, 6.07) is 10.3. The fourth-order valence-electron chi connectivity index (χ4n) is 5.69. The van der Waals surface area contributed by atoms with Crippen LogP contribution in [0.5, 0.6) is 0 Å². The van der Waals surface area contributed by atoms with Crippen LogP contribution in [0.3, 0.4) is 0 Å². The Labute approximate surface area is 217 Å². The monoisotopic (exact) mass is 498 g/mol. The molecule has 3 heterocycles. The maximum Gasteiger partial charge on any atom is 0.269 e. The number of amides is 2. The Kier molecular flexibility index (Phi) is 6.84. The molecular formula is C29H34N6O2. The Bertz CT molecular complexity index is 1290. The number of allylic oxidation sites excluding steroid dienone is 3. The van der Waals surface area contributed by atoms with Gasteiger partial charge in [-0.15, -0.1) is 0 Å². The minimum Gasteiger partial charge on any atom is -0.385 e. The highest BCUT2D eigenvalue weighted by molar-refractivity contribution is 5.95. The summed E-state index contributed by atoms with van der Waals surface area (Å²) < 4.78 is 0. The van der Waals surface area contributed by atoms with Gasteiger partial charge in [0, 0.05) is 56.7 Å². The summed E-state index contributed by atoms with van der Waals surface area (Å²) in [6.45, 7) is 11.1. The molecule has 8 nitrogen and oxygen atoms in total. The first-order valence-corrected chi connectivity index (χ1v) is 12.8. The van der Waals surface area contributed by atoms with E-state index < -0.39 is 5.41 Å². The second kappa shape index (κ2) is 10.2. The van der Waals surface area contributed by atoms with E-state index in [1.165, 1.54) is 11.3 Å². The van der Waals surface area contributed by atoms with Gasteiger partial charge < -0.3 is 21.3 Å². The summed E-state index contributed by atoms with van der Waals surface area (Å²) in [5, 5.41) is 5.80. The highest BCUT2D eigenvalue weighted by Crippen LogP contribution is 2.46. The van der Waals surface area contributed by atoms with Crippen molar-refractivity contribution in [2.75, 3.05) is 44.2 Å². The molecule has 2 aliphatic heterocycles. The second-order valence-electron chi connectivity index (χ2n) is 10.0. The van der Waals surface area contributed by atoms with E-state index in [1.54, 1.807) is 18.3 Å². The Hall–Kier alpha value is -3.91. The SMILES string of the molecule is C=C/C=C\C1=C(N)NC(=O)C12Cc1cnc(C(=O)NCCN3CCN(c4ccccc4C)CC3)cc1C2. The van der Waals surface area contributed by atoms with Crippen molar-refractivity contribution in [3.05, 3.63) is 95.1 Å². The summed E-state index contributed by atoms with van der Waals surface area (Å²) in [5.41, 5.74) is 11.0. The van der Waals surface area contributed by atoms with Gasteiger partial charge >= 0.3 is 0 Å². The van der Waals surface area contributed by atoms with Crippen molar-refractivity contribution in [1.82, 2.24) is 20.5 Å². The molecule has 1 aromatic heterocycles. The lowest BCUT2D eigenvalue weighted by atomic mass is 9.78. The second-order valence-corrected chi connectivity index (χ2v) is 10.0. The number of piperazine rings is 1. The number of carbonyl (C=O) groups is 2. The number of aryl methyl sites for hydroxylation is 1. The van der Waals surface area contributed by atoms with Crippen molar-refractivity contribution in [1.29, 1.82) is 0 Å². The number of benzene rings is 1. The predicted molar refractivity (Wildman–Crippen MR) is 145 cm³/mol. The molecule has 192 valence electrons. The number of carbonyl (C=O) groups excluding carboxylic acids is 2. The van der Waals surface area contributed by atoms with Gasteiger partial charge in [0.05, 0.1) is 5.41 Å². The third-order valence-electron chi connectivity index (χ3n) is 7.73. The van der Waals surface area contributed by atoms with Crippen LogP contribution in [0.15, 0.2) is 72.7 Å². The molecular weight excluding hydrogens is 464 g/mol. The minimum atomic E-state index is -0.761. The number of para-hydroxylation sites is 1. The summed E-state index contributed by atoms with van der Waals surface area (Å²) in [5.74, 6) is 0.0695. The van der Waals surface area contributed by atoms with E-state index in [4.69, 9.17) is 5.73 Å². The first-order chi connectivity index (χ1) is 17.9. The molecule has 37 heavy (non-hydrogen) atoms. The number of fused-ring (bicyclic) bond motifs is 1. The number of hydrogen-bond acceptors (Lipinski definition) is 6. The lowest BCUT2D eigenvalue weighted by molar-refractivity contribution is -0.126. The number of nitrogens with two attached hydrogens (primary N) is 1. The highest BCUT2D eigenvalue weighted by Gasteiger charge is 2.51. The normalized spacial score (nSPS) is 21.5. The van der Waals surface area contributed by atoms with Crippen LogP contribution in [-0.2, 0) is 17.6 Å². The Morgan fingerprint density at radius 2 is 1.97 bits per heavy atom. The van der Waals surface area contributed by atoms with E-state index in [0.29, 0.717) is 30.9 Å². The molecule has 1 aliphatic carbocycles. The summed E-state index contributed by atoms with van der Waals surface area (Å²) in [6.07, 6.45) is 8.00. The van der Waals surface area contributed by atoms with Crippen molar-refractivity contribution >= 4 is 17.5 Å². The summed E-state index contributed by atoms with van der Waals surface area (Å²) in [4.78, 5) is 35.0. The number of hydrogen-bond donors (Lipinski definition) is 3. The van der Waals surface area contributed by atoms with Crippen molar-refractivity contribution in [2.24, 2.45) is 11.1 Å². The van der Waals surface area contributed by atoms with Crippen molar-refractivity contribution in [3.8, 4) is 0 Å². The summed E-state index contributed by atoms with van der Waals surface area (Å²) >= 11 is 0. The van der Waals surface area contributed by atoms with E-state index in [-0.39, 0.29) is 11.8 Å². The van der Waals surface area contributed by atoms with Gasteiger partial charge in [-0.25, -0.2) is 0 Å². The Morgan fingerprint density at radius 3 is 2.73 bits per heavy atom. The number of aromatic nitrogens is 1. The maximum absolute atomic E-state index is 12.9. The average molecular weight is 499 g/mol. The van der Waals surface area contributed by atoms with Crippen molar-refractivity contribution in [3.63, 3.8) is 0 Å². The molecule has 1 aromatic carbocycles. The lowest BCUT2D eigenvalue weighted by Crippen LogP contribution is -2.48. The van der Waals surface area contributed by atoms with Crippen LogP contribution >= 0.6 is 0 Å². The molecule has 2 aromatic rings. The standard InChI is InChI=1S/C29H34N6O2/c1-3-4-8-23-26(30)33-28(37)29(23)17-21-16-24(32-19-22(21)18-29)27(36)31-10-11-34-12-14-35(15-13-34)25-9-6-5-7-20(25)2/h3-9,16,19H,1,10-15,17-18,30H2,2H3,(H,31,36)(H,33,37)/b8-4-. The van der Waals surface area contributed by atoms with Gasteiger partial charge in [-0.2, -0.15) is 0 Å². The average Bonchev–Trinajstić information content (AvgIpc) is 3.39. The van der Waals surface area contributed by atoms with Gasteiger partial charge in [0.15, 0.2) is 0 Å². The first-order valence-electron chi connectivity index (χ1n) is 12.8. The van der Waals surface area contributed by atoms with Gasteiger partial charge in [-0.05, 0) is 48.6 Å². The van der Waals surface area contributed by atoms with Gasteiger partial charge in [-0.3, -0.25) is 19.5 Å². The van der Waals surface area contributed by atoms with E-state index in [9.17, 15) is 9.59 Å². The molecule has 1 fully saturated rings. The molecule has 5 rings (SSSR count). The van der Waals surface area contributed by atoms with Crippen LogP contribution in [0, 0.1) is 12.3 Å². The number of nitrogens with one attached hydrogen (secondary N) is 2. The van der Waals surface area contributed by atoms with E-state index in [2.05, 4.69) is 63.2 Å². The number of anilines is 1. The fraction of sp³-hybridized carbons (Fsp3) is 0.345. The lowest BCUT2D eigenvalue weighted by Gasteiger charge is -2.36. The topological polar surface area (TPSA) is 104 Å². The third kappa shape index (κ3) is 4.76. The van der Waals surface area contributed by atoms with Gasteiger partial charge in [0.2, 0.25) is 5.91 Å². The van der Waals surface area contributed by atoms with Crippen LogP contribution in [0.4, 0.5) is 5.69 Å². The Balaban J connectivity index is 1.16.